The molecular formula is C14H10Br2F3N. The third-order valence-electron chi connectivity index (χ3n) is 2.71. The van der Waals surface area contributed by atoms with E-state index in [9.17, 15) is 13.2 Å². The van der Waals surface area contributed by atoms with Crippen molar-refractivity contribution in [2.75, 3.05) is 5.32 Å². The first-order valence-electron chi connectivity index (χ1n) is 5.72. The molecule has 0 heterocycles. The highest BCUT2D eigenvalue weighted by Gasteiger charge is 2.33. The van der Waals surface area contributed by atoms with Crippen LogP contribution in [0.3, 0.4) is 0 Å². The van der Waals surface area contributed by atoms with E-state index in [0.29, 0.717) is 11.0 Å². The largest absolute Gasteiger partial charge is 0.418 e. The lowest BCUT2D eigenvalue weighted by molar-refractivity contribution is -0.137. The van der Waals surface area contributed by atoms with Gasteiger partial charge in [0, 0.05) is 21.2 Å². The van der Waals surface area contributed by atoms with Gasteiger partial charge in [0.25, 0.3) is 0 Å². The number of nitrogens with one attached hydrogen (secondary N) is 1. The summed E-state index contributed by atoms with van der Waals surface area (Å²) < 4.78 is 40.2. The van der Waals surface area contributed by atoms with Crippen molar-refractivity contribution in [3.63, 3.8) is 0 Å². The molecule has 0 radical (unpaired) electrons. The second-order valence-electron chi connectivity index (χ2n) is 4.13. The molecule has 0 aromatic heterocycles. The maximum absolute atomic E-state index is 12.9. The van der Waals surface area contributed by atoms with E-state index in [0.717, 1.165) is 16.1 Å². The summed E-state index contributed by atoms with van der Waals surface area (Å²) in [6.07, 6.45) is -4.38. The van der Waals surface area contributed by atoms with Crippen LogP contribution in [0.2, 0.25) is 0 Å². The molecule has 6 heteroatoms. The van der Waals surface area contributed by atoms with Gasteiger partial charge in [-0.1, -0.05) is 50.1 Å². The average Bonchev–Trinajstić information content (AvgIpc) is 2.36. The van der Waals surface area contributed by atoms with Gasteiger partial charge < -0.3 is 5.32 Å². The van der Waals surface area contributed by atoms with Crippen LogP contribution in [0, 0.1) is 0 Å². The lowest BCUT2D eigenvalue weighted by atomic mass is 10.1. The summed E-state index contributed by atoms with van der Waals surface area (Å²) in [4.78, 5) is 0. The molecule has 0 bridgehead atoms. The number of rotatable bonds is 3. The van der Waals surface area contributed by atoms with Gasteiger partial charge in [0.05, 0.1) is 5.56 Å². The van der Waals surface area contributed by atoms with Crippen LogP contribution < -0.4 is 5.32 Å². The number of hydrogen-bond acceptors (Lipinski definition) is 1. The molecule has 0 aliphatic heterocycles. The number of halogens is 5. The molecular weight excluding hydrogens is 399 g/mol. The molecule has 0 amide bonds. The van der Waals surface area contributed by atoms with Crippen molar-refractivity contribution in [2.45, 2.75) is 12.7 Å². The summed E-state index contributed by atoms with van der Waals surface area (Å²) in [6.45, 7) is 0.307. The fourth-order valence-corrected chi connectivity index (χ4v) is 2.53. The van der Waals surface area contributed by atoms with Crippen LogP contribution in [-0.4, -0.2) is 0 Å². The van der Waals surface area contributed by atoms with E-state index < -0.39 is 11.7 Å². The topological polar surface area (TPSA) is 12.0 Å². The summed E-state index contributed by atoms with van der Waals surface area (Å²) in [5.41, 5.74) is 0.274. The Bertz CT molecular complexity index is 612. The summed E-state index contributed by atoms with van der Waals surface area (Å²) >= 11 is 6.56. The van der Waals surface area contributed by atoms with Crippen LogP contribution in [0.25, 0.3) is 0 Å². The van der Waals surface area contributed by atoms with Crippen molar-refractivity contribution in [3.05, 3.63) is 62.5 Å². The molecule has 2 aromatic carbocycles. The van der Waals surface area contributed by atoms with Crippen molar-refractivity contribution < 1.29 is 13.2 Å². The van der Waals surface area contributed by atoms with Crippen molar-refractivity contribution in [1.82, 2.24) is 0 Å². The Morgan fingerprint density at radius 3 is 2.35 bits per heavy atom. The van der Waals surface area contributed by atoms with Crippen LogP contribution in [-0.2, 0) is 12.7 Å². The molecule has 0 spiro atoms. The standard InChI is InChI=1S/C14H10Br2F3N/c15-10-5-6-11(14(17,18)19)13(7-10)20-8-9-3-1-2-4-12(9)16/h1-7,20H,8H2. The second-order valence-corrected chi connectivity index (χ2v) is 5.90. The van der Waals surface area contributed by atoms with Crippen LogP contribution in [0.15, 0.2) is 51.4 Å². The molecule has 2 rings (SSSR count). The highest BCUT2D eigenvalue weighted by Crippen LogP contribution is 2.36. The number of benzene rings is 2. The number of alkyl halides is 3. The molecule has 0 saturated heterocycles. The quantitative estimate of drug-likeness (QED) is 0.672. The fraction of sp³-hybridized carbons (Fsp3) is 0.143. The van der Waals surface area contributed by atoms with Gasteiger partial charge in [-0.2, -0.15) is 13.2 Å². The summed E-state index contributed by atoms with van der Waals surface area (Å²) in [7, 11) is 0. The number of hydrogen-bond donors (Lipinski definition) is 1. The van der Waals surface area contributed by atoms with Gasteiger partial charge in [-0.3, -0.25) is 0 Å². The molecule has 1 N–H and O–H groups in total. The molecule has 20 heavy (non-hydrogen) atoms. The van der Waals surface area contributed by atoms with Gasteiger partial charge in [-0.15, -0.1) is 0 Å². The van der Waals surface area contributed by atoms with Crippen molar-refractivity contribution in [1.29, 1.82) is 0 Å². The van der Waals surface area contributed by atoms with Crippen molar-refractivity contribution in [2.24, 2.45) is 0 Å². The minimum atomic E-state index is -4.38. The summed E-state index contributed by atoms with van der Waals surface area (Å²) in [6, 6.07) is 11.3. The van der Waals surface area contributed by atoms with Gasteiger partial charge in [-0.25, -0.2) is 0 Å². The first kappa shape index (κ1) is 15.4. The minimum absolute atomic E-state index is 0.0580. The second kappa shape index (κ2) is 6.18. The van der Waals surface area contributed by atoms with Gasteiger partial charge in [0.2, 0.25) is 0 Å². The maximum Gasteiger partial charge on any atom is 0.418 e. The number of anilines is 1. The van der Waals surface area contributed by atoms with Crippen LogP contribution in [0.1, 0.15) is 11.1 Å². The molecule has 0 fully saturated rings. The van der Waals surface area contributed by atoms with Crippen LogP contribution >= 0.6 is 31.9 Å². The monoisotopic (exact) mass is 407 g/mol. The maximum atomic E-state index is 12.9. The van der Waals surface area contributed by atoms with Gasteiger partial charge in [0.15, 0.2) is 0 Å². The predicted octanol–water partition coefficient (Wildman–Crippen LogP) is 5.84. The first-order valence-corrected chi connectivity index (χ1v) is 7.30. The van der Waals surface area contributed by atoms with Crippen LogP contribution in [0.4, 0.5) is 18.9 Å². The molecule has 0 unspecified atom stereocenters. The van der Waals surface area contributed by atoms with E-state index in [1.807, 2.05) is 24.3 Å². The molecule has 0 saturated carbocycles. The summed E-state index contributed by atoms with van der Waals surface area (Å²) in [5, 5.41) is 2.84. The summed E-state index contributed by atoms with van der Waals surface area (Å²) in [5.74, 6) is 0. The first-order chi connectivity index (χ1) is 9.38. The lowest BCUT2D eigenvalue weighted by Gasteiger charge is -2.15. The van der Waals surface area contributed by atoms with Gasteiger partial charge in [-0.05, 0) is 29.8 Å². The normalized spacial score (nSPS) is 11.4. The zero-order valence-corrected chi connectivity index (χ0v) is 13.3. The van der Waals surface area contributed by atoms with Gasteiger partial charge in [0.1, 0.15) is 0 Å². The molecule has 0 aliphatic rings. The zero-order valence-electron chi connectivity index (χ0n) is 10.1. The molecule has 0 atom stereocenters. The predicted molar refractivity (Wildman–Crippen MR) is 80.6 cm³/mol. The van der Waals surface area contributed by atoms with Crippen molar-refractivity contribution >= 4 is 37.5 Å². The highest BCUT2D eigenvalue weighted by atomic mass is 79.9. The molecule has 106 valence electrons. The third-order valence-corrected chi connectivity index (χ3v) is 3.98. The van der Waals surface area contributed by atoms with Crippen molar-refractivity contribution in [3.8, 4) is 0 Å². The smallest absolute Gasteiger partial charge is 0.380 e. The average molecular weight is 409 g/mol. The Labute approximate surface area is 131 Å². The van der Waals surface area contributed by atoms with E-state index >= 15 is 0 Å². The van der Waals surface area contributed by atoms with E-state index in [2.05, 4.69) is 37.2 Å². The molecule has 1 nitrogen and oxygen atoms in total. The fourth-order valence-electron chi connectivity index (χ4n) is 1.74. The Kier molecular flexibility index (Phi) is 4.75. The Morgan fingerprint density at radius 2 is 1.70 bits per heavy atom. The van der Waals surface area contributed by atoms with E-state index in [1.165, 1.54) is 12.1 Å². The van der Waals surface area contributed by atoms with Crippen LogP contribution in [0.5, 0.6) is 0 Å². The highest BCUT2D eigenvalue weighted by molar-refractivity contribution is 9.10. The minimum Gasteiger partial charge on any atom is -0.380 e. The Hall–Kier alpha value is -1.01. The Balaban J connectivity index is 2.25. The van der Waals surface area contributed by atoms with E-state index in [-0.39, 0.29) is 5.69 Å². The molecule has 2 aromatic rings. The van der Waals surface area contributed by atoms with E-state index in [1.54, 1.807) is 0 Å². The van der Waals surface area contributed by atoms with E-state index in [4.69, 9.17) is 0 Å². The Morgan fingerprint density at radius 1 is 1.00 bits per heavy atom. The lowest BCUT2D eigenvalue weighted by Crippen LogP contribution is -2.11. The molecule has 0 aliphatic carbocycles. The van der Waals surface area contributed by atoms with Gasteiger partial charge >= 0.3 is 6.18 Å². The third kappa shape index (κ3) is 3.76. The SMILES string of the molecule is FC(F)(F)c1ccc(Br)cc1NCc1ccccc1Br. The zero-order chi connectivity index (χ0) is 14.8.